The molecule has 34 heavy (non-hydrogen) atoms. The van der Waals surface area contributed by atoms with Crippen molar-refractivity contribution in [3.8, 4) is 0 Å². The van der Waals surface area contributed by atoms with Crippen LogP contribution in [0.2, 0.25) is 0 Å². The van der Waals surface area contributed by atoms with Gasteiger partial charge in [0.1, 0.15) is 17.1 Å². The minimum absolute atomic E-state index is 0.0499. The van der Waals surface area contributed by atoms with Gasteiger partial charge < -0.3 is 15.2 Å². The second-order valence-corrected chi connectivity index (χ2v) is 10.4. The smallest absolute Gasteiger partial charge is 0.376 e. The Morgan fingerprint density at radius 1 is 1.35 bits per heavy atom. The van der Waals surface area contributed by atoms with Crippen molar-refractivity contribution >= 4 is 58.6 Å². The first-order chi connectivity index (χ1) is 16.3. The van der Waals surface area contributed by atoms with Crippen molar-refractivity contribution in [1.29, 1.82) is 0 Å². The summed E-state index contributed by atoms with van der Waals surface area (Å²) in [6, 6.07) is 2.94. The van der Waals surface area contributed by atoms with E-state index in [1.165, 1.54) is 44.3 Å². The second kappa shape index (κ2) is 10.2. The van der Waals surface area contributed by atoms with Crippen LogP contribution in [0.15, 0.2) is 33.9 Å². The highest BCUT2D eigenvalue weighted by molar-refractivity contribution is 8.01. The molecule has 2 N–H and O–H groups in total. The first kappa shape index (κ1) is 24.3. The monoisotopic (exact) mass is 523 g/mol. The zero-order valence-corrected chi connectivity index (χ0v) is 20.7. The number of nitrogens with one attached hydrogen (secondary N) is 1. The van der Waals surface area contributed by atoms with Crippen LogP contribution in [0, 0.1) is 0 Å². The molecule has 2 aromatic rings. The molecule has 2 aliphatic heterocycles. The summed E-state index contributed by atoms with van der Waals surface area (Å²) >= 11 is 4.07. The average Bonchev–Trinajstić information content (AvgIpc) is 3.44. The molecule has 14 heteroatoms. The third kappa shape index (κ3) is 4.70. The van der Waals surface area contributed by atoms with Gasteiger partial charge in [-0.1, -0.05) is 17.8 Å². The molecule has 0 radical (unpaired) electrons. The van der Waals surface area contributed by atoms with Crippen LogP contribution in [-0.4, -0.2) is 78.1 Å². The SMILES string of the molecule is CCOC(=O)c1nnc(SCC2=C(C(=O)O)N3C(=O)C(NC(=O)Cc4cccs4)[C@@H]3SC2)n1C. The summed E-state index contributed by atoms with van der Waals surface area (Å²) in [4.78, 5) is 51.2. The van der Waals surface area contributed by atoms with Gasteiger partial charge in [0.05, 0.1) is 13.0 Å². The number of carbonyl (C=O) groups is 4. The highest BCUT2D eigenvalue weighted by Gasteiger charge is 2.54. The van der Waals surface area contributed by atoms with E-state index < -0.39 is 29.3 Å². The van der Waals surface area contributed by atoms with Crippen LogP contribution in [0.5, 0.6) is 0 Å². The molecule has 1 fully saturated rings. The Morgan fingerprint density at radius 2 is 2.15 bits per heavy atom. The highest BCUT2D eigenvalue weighted by Crippen LogP contribution is 2.41. The first-order valence-electron chi connectivity index (χ1n) is 10.2. The third-order valence-electron chi connectivity index (χ3n) is 5.15. The lowest BCUT2D eigenvalue weighted by molar-refractivity contribution is -0.150. The zero-order chi connectivity index (χ0) is 24.4. The molecule has 1 unspecified atom stereocenters. The van der Waals surface area contributed by atoms with Crippen LogP contribution in [-0.2, 0) is 32.6 Å². The molecule has 4 rings (SSSR count). The van der Waals surface area contributed by atoms with Crippen LogP contribution in [0.4, 0.5) is 0 Å². The van der Waals surface area contributed by atoms with Gasteiger partial charge >= 0.3 is 11.9 Å². The van der Waals surface area contributed by atoms with Gasteiger partial charge in [0, 0.05) is 23.4 Å². The van der Waals surface area contributed by atoms with E-state index in [2.05, 4.69) is 15.5 Å². The Balaban J connectivity index is 1.43. The number of hydrogen-bond acceptors (Lipinski definition) is 10. The molecule has 0 bridgehead atoms. The molecular weight excluding hydrogens is 502 g/mol. The fraction of sp³-hybridized carbons (Fsp3) is 0.400. The van der Waals surface area contributed by atoms with E-state index in [-0.39, 0.29) is 36.2 Å². The van der Waals surface area contributed by atoms with Crippen molar-refractivity contribution in [1.82, 2.24) is 25.0 Å². The van der Waals surface area contributed by atoms with E-state index in [0.29, 0.717) is 16.5 Å². The van der Waals surface area contributed by atoms with E-state index in [4.69, 9.17) is 4.74 Å². The predicted octanol–water partition coefficient (Wildman–Crippen LogP) is 1.13. The first-order valence-corrected chi connectivity index (χ1v) is 13.1. The van der Waals surface area contributed by atoms with Crippen molar-refractivity contribution in [2.24, 2.45) is 7.05 Å². The molecular formula is C20H21N5O6S3. The van der Waals surface area contributed by atoms with Crippen molar-refractivity contribution in [3.05, 3.63) is 39.5 Å². The standard InChI is InChI=1S/C20H21N5O6S3/c1-3-31-19(30)15-22-23-20(24(15)2)34-9-10-8-33-17-13(16(27)25(17)14(10)18(28)29)21-12(26)7-11-5-4-6-32-11/h4-6,13,17H,3,7-9H2,1-2H3,(H,21,26)(H,28,29)/t13?,17-/m0/s1. The number of aromatic nitrogens is 3. The van der Waals surface area contributed by atoms with Crippen molar-refractivity contribution in [3.63, 3.8) is 0 Å². The number of fused-ring (bicyclic) bond motifs is 1. The van der Waals surface area contributed by atoms with E-state index >= 15 is 0 Å². The van der Waals surface area contributed by atoms with E-state index in [1.807, 2.05) is 17.5 Å². The number of thiophene rings is 1. The van der Waals surface area contributed by atoms with Gasteiger partial charge in [0.15, 0.2) is 5.16 Å². The Bertz CT molecular complexity index is 1160. The summed E-state index contributed by atoms with van der Waals surface area (Å²) in [5.74, 6) is -1.85. The zero-order valence-electron chi connectivity index (χ0n) is 18.2. The summed E-state index contributed by atoms with van der Waals surface area (Å²) in [7, 11) is 1.62. The molecule has 0 aliphatic carbocycles. The lowest BCUT2D eigenvalue weighted by atomic mass is 10.0. The highest BCUT2D eigenvalue weighted by atomic mass is 32.2. The average molecular weight is 524 g/mol. The number of rotatable bonds is 9. The van der Waals surface area contributed by atoms with Crippen molar-refractivity contribution in [2.75, 3.05) is 18.1 Å². The maximum atomic E-state index is 12.8. The summed E-state index contributed by atoms with van der Waals surface area (Å²) in [5.41, 5.74) is 0.480. The molecule has 180 valence electrons. The number of ether oxygens (including phenoxy) is 1. The molecule has 0 aromatic carbocycles. The van der Waals surface area contributed by atoms with Gasteiger partial charge in [0.2, 0.25) is 11.7 Å². The number of carboxylic acids is 1. The van der Waals surface area contributed by atoms with Crippen LogP contribution in [0.25, 0.3) is 0 Å². The number of carbonyl (C=O) groups excluding carboxylic acids is 3. The largest absolute Gasteiger partial charge is 0.477 e. The molecule has 2 aliphatic rings. The minimum atomic E-state index is -1.21. The van der Waals surface area contributed by atoms with Crippen LogP contribution in [0.1, 0.15) is 22.4 Å². The molecule has 11 nitrogen and oxygen atoms in total. The third-order valence-corrected chi connectivity index (χ3v) is 8.47. The van der Waals surface area contributed by atoms with Crippen molar-refractivity contribution in [2.45, 2.75) is 29.9 Å². The Labute approximate surface area is 206 Å². The number of aliphatic carboxylic acids is 1. The summed E-state index contributed by atoms with van der Waals surface area (Å²) in [6.45, 7) is 1.90. The fourth-order valence-electron chi connectivity index (χ4n) is 3.56. The molecule has 2 atom stereocenters. The minimum Gasteiger partial charge on any atom is -0.477 e. The molecule has 4 heterocycles. The number of amides is 2. The van der Waals surface area contributed by atoms with Gasteiger partial charge in [0.25, 0.3) is 5.91 Å². The van der Waals surface area contributed by atoms with E-state index in [1.54, 1.807) is 14.0 Å². The fourth-order valence-corrected chi connectivity index (χ4v) is 6.66. The van der Waals surface area contributed by atoms with Gasteiger partial charge in [-0.3, -0.25) is 19.1 Å². The maximum absolute atomic E-state index is 12.8. The van der Waals surface area contributed by atoms with Gasteiger partial charge in [-0.05, 0) is 23.9 Å². The van der Waals surface area contributed by atoms with Crippen LogP contribution >= 0.6 is 34.9 Å². The van der Waals surface area contributed by atoms with Crippen LogP contribution in [0.3, 0.4) is 0 Å². The normalized spacial score (nSPS) is 19.5. The number of esters is 1. The number of thioether (sulfide) groups is 2. The predicted molar refractivity (Wildman–Crippen MR) is 125 cm³/mol. The maximum Gasteiger partial charge on any atom is 0.376 e. The summed E-state index contributed by atoms with van der Waals surface area (Å²) < 4.78 is 6.42. The Kier molecular flexibility index (Phi) is 7.28. The summed E-state index contributed by atoms with van der Waals surface area (Å²) in [6.07, 6.45) is 0.174. The number of hydrogen-bond donors (Lipinski definition) is 2. The number of nitrogens with zero attached hydrogens (tertiary/aromatic N) is 4. The summed E-state index contributed by atoms with van der Waals surface area (Å²) in [5, 5.41) is 22.2. The van der Waals surface area contributed by atoms with Gasteiger partial charge in [-0.25, -0.2) is 9.59 Å². The van der Waals surface area contributed by atoms with Gasteiger partial charge in [-0.2, -0.15) is 0 Å². The topological polar surface area (TPSA) is 144 Å². The molecule has 0 spiro atoms. The Hall–Kier alpha value is -2.84. The van der Waals surface area contributed by atoms with Crippen LogP contribution < -0.4 is 5.32 Å². The van der Waals surface area contributed by atoms with E-state index in [9.17, 15) is 24.3 Å². The lowest BCUT2D eigenvalue weighted by Gasteiger charge is -2.49. The molecule has 1 saturated heterocycles. The molecule has 2 aromatic heterocycles. The molecule has 2 amide bonds. The second-order valence-electron chi connectivity index (χ2n) is 7.34. The van der Waals surface area contributed by atoms with Crippen molar-refractivity contribution < 1.29 is 29.0 Å². The number of carboxylic acid groups (broad SMARTS) is 1. The quantitative estimate of drug-likeness (QED) is 0.279. The Morgan fingerprint density at radius 3 is 2.82 bits per heavy atom. The molecule has 0 saturated carbocycles. The lowest BCUT2D eigenvalue weighted by Crippen LogP contribution is -2.70. The van der Waals surface area contributed by atoms with Gasteiger partial charge in [-0.15, -0.1) is 33.3 Å². The number of β-lactam (4-membered cyclic amide) rings is 1. The van der Waals surface area contributed by atoms with E-state index in [0.717, 1.165) is 4.88 Å².